The predicted molar refractivity (Wildman–Crippen MR) is 60.2 cm³/mol. The average Bonchev–Trinajstić information content (AvgIpc) is 2.61. The molecule has 2 heterocycles. The van der Waals surface area contributed by atoms with E-state index in [2.05, 4.69) is 4.98 Å². The van der Waals surface area contributed by atoms with Crippen molar-refractivity contribution in [2.24, 2.45) is 0 Å². The third-order valence-electron chi connectivity index (χ3n) is 2.08. The zero-order chi connectivity index (χ0) is 11.7. The Morgan fingerprint density at radius 2 is 2.25 bits per heavy atom. The van der Waals surface area contributed by atoms with E-state index in [1.165, 1.54) is 0 Å². The maximum Gasteiger partial charge on any atom is 0.358 e. The van der Waals surface area contributed by atoms with Crippen LogP contribution in [0.5, 0.6) is 0 Å². The van der Waals surface area contributed by atoms with Gasteiger partial charge in [-0.3, -0.25) is 4.40 Å². The Hall–Kier alpha value is -2.04. The molecule has 0 saturated carbocycles. The fourth-order valence-corrected chi connectivity index (χ4v) is 1.40. The Morgan fingerprint density at radius 1 is 1.50 bits per heavy atom. The molecule has 0 atom stereocenters. The highest BCUT2D eigenvalue weighted by Crippen LogP contribution is 2.11. The molecule has 2 rings (SSSR count). The van der Waals surface area contributed by atoms with Gasteiger partial charge in [0.15, 0.2) is 5.69 Å². The van der Waals surface area contributed by atoms with Crippen molar-refractivity contribution in [3.8, 4) is 0 Å². The predicted octanol–water partition coefficient (Wildman–Crippen LogP) is 1.48. The van der Waals surface area contributed by atoms with E-state index in [0.29, 0.717) is 11.5 Å². The second kappa shape index (κ2) is 3.84. The molecule has 0 spiro atoms. The van der Waals surface area contributed by atoms with Gasteiger partial charge in [0.05, 0.1) is 6.10 Å². The summed E-state index contributed by atoms with van der Waals surface area (Å²) in [6, 6.07) is 5.31. The number of imidazole rings is 1. The Morgan fingerprint density at radius 3 is 2.88 bits per heavy atom. The number of pyridine rings is 1. The van der Waals surface area contributed by atoms with Gasteiger partial charge in [-0.05, 0) is 26.0 Å². The van der Waals surface area contributed by atoms with Crippen molar-refractivity contribution >= 4 is 17.4 Å². The first-order chi connectivity index (χ1) is 7.58. The highest BCUT2D eigenvalue weighted by molar-refractivity contribution is 5.88. The molecule has 2 N–H and O–H groups in total. The van der Waals surface area contributed by atoms with Crippen molar-refractivity contribution in [2.75, 3.05) is 5.73 Å². The van der Waals surface area contributed by atoms with E-state index in [1.807, 2.05) is 0 Å². The molecule has 0 aliphatic carbocycles. The molecule has 5 nitrogen and oxygen atoms in total. The monoisotopic (exact) mass is 219 g/mol. The zero-order valence-electron chi connectivity index (χ0n) is 9.18. The second-order valence-electron chi connectivity index (χ2n) is 3.76. The van der Waals surface area contributed by atoms with Crippen molar-refractivity contribution in [1.29, 1.82) is 0 Å². The first kappa shape index (κ1) is 10.5. The van der Waals surface area contributed by atoms with Crippen LogP contribution in [0.15, 0.2) is 24.4 Å². The van der Waals surface area contributed by atoms with Gasteiger partial charge in [0.25, 0.3) is 0 Å². The van der Waals surface area contributed by atoms with Crippen molar-refractivity contribution in [3.05, 3.63) is 30.1 Å². The minimum Gasteiger partial charge on any atom is -0.458 e. The summed E-state index contributed by atoms with van der Waals surface area (Å²) < 4.78 is 6.70. The van der Waals surface area contributed by atoms with Crippen molar-refractivity contribution in [3.63, 3.8) is 0 Å². The maximum atomic E-state index is 11.6. The number of aromatic nitrogens is 2. The van der Waals surface area contributed by atoms with Crippen LogP contribution in [0.4, 0.5) is 5.82 Å². The molecule has 84 valence electrons. The third kappa shape index (κ3) is 1.84. The number of nitrogen functional groups attached to an aromatic ring is 1. The Bertz CT molecular complexity index is 531. The maximum absolute atomic E-state index is 11.6. The second-order valence-corrected chi connectivity index (χ2v) is 3.76. The van der Waals surface area contributed by atoms with Gasteiger partial charge >= 0.3 is 5.97 Å². The first-order valence-corrected chi connectivity index (χ1v) is 5.02. The lowest BCUT2D eigenvalue weighted by Crippen LogP contribution is -2.11. The lowest BCUT2D eigenvalue weighted by Gasteiger charge is -2.04. The van der Waals surface area contributed by atoms with E-state index in [1.54, 1.807) is 42.6 Å². The van der Waals surface area contributed by atoms with Gasteiger partial charge in [-0.2, -0.15) is 0 Å². The van der Waals surface area contributed by atoms with E-state index >= 15 is 0 Å². The van der Waals surface area contributed by atoms with Crippen LogP contribution < -0.4 is 5.73 Å². The Kier molecular flexibility index (Phi) is 2.52. The van der Waals surface area contributed by atoms with Gasteiger partial charge < -0.3 is 10.5 Å². The summed E-state index contributed by atoms with van der Waals surface area (Å²) >= 11 is 0. The fraction of sp³-hybridized carbons (Fsp3) is 0.273. The number of carbonyl (C=O) groups is 1. The van der Waals surface area contributed by atoms with Crippen molar-refractivity contribution < 1.29 is 9.53 Å². The fourth-order valence-electron chi connectivity index (χ4n) is 1.40. The van der Waals surface area contributed by atoms with Gasteiger partial charge in [0.2, 0.25) is 0 Å². The summed E-state index contributed by atoms with van der Waals surface area (Å²) in [7, 11) is 0. The summed E-state index contributed by atoms with van der Waals surface area (Å²) in [5.41, 5.74) is 6.65. The Balaban J connectivity index is 2.40. The summed E-state index contributed by atoms with van der Waals surface area (Å²) in [4.78, 5) is 15.7. The molecule has 0 unspecified atom stereocenters. The number of nitrogens with two attached hydrogens (primary N) is 1. The van der Waals surface area contributed by atoms with E-state index < -0.39 is 5.97 Å². The molecule has 0 aromatic carbocycles. The molecule has 0 amide bonds. The van der Waals surface area contributed by atoms with E-state index in [0.717, 1.165) is 0 Å². The molecule has 16 heavy (non-hydrogen) atoms. The van der Waals surface area contributed by atoms with Crippen molar-refractivity contribution in [1.82, 2.24) is 9.38 Å². The largest absolute Gasteiger partial charge is 0.458 e. The quantitative estimate of drug-likeness (QED) is 0.777. The standard InChI is InChI=1S/C11H13N3O2/c1-7(2)16-11(15)8-6-14-9(12)4-3-5-10(14)13-8/h3-7H,12H2,1-2H3. The highest BCUT2D eigenvalue weighted by Gasteiger charge is 2.14. The number of fused-ring (bicyclic) bond motifs is 1. The minimum absolute atomic E-state index is 0.158. The molecule has 0 saturated heterocycles. The summed E-state index contributed by atoms with van der Waals surface area (Å²) in [6.45, 7) is 3.59. The van der Waals surface area contributed by atoms with Gasteiger partial charge in [-0.25, -0.2) is 9.78 Å². The molecule has 0 fully saturated rings. The topological polar surface area (TPSA) is 69.6 Å². The van der Waals surface area contributed by atoms with Crippen LogP contribution in [0.25, 0.3) is 5.65 Å². The van der Waals surface area contributed by atoms with Gasteiger partial charge in [-0.1, -0.05) is 6.07 Å². The number of anilines is 1. The number of rotatable bonds is 2. The summed E-state index contributed by atoms with van der Waals surface area (Å²) in [5.74, 6) is 0.103. The molecule has 0 aliphatic rings. The van der Waals surface area contributed by atoms with Gasteiger partial charge in [0.1, 0.15) is 11.5 Å². The minimum atomic E-state index is -0.432. The molecule has 2 aromatic heterocycles. The highest BCUT2D eigenvalue weighted by atomic mass is 16.5. The lowest BCUT2D eigenvalue weighted by molar-refractivity contribution is 0.0371. The van der Waals surface area contributed by atoms with Crippen LogP contribution >= 0.6 is 0 Å². The third-order valence-corrected chi connectivity index (χ3v) is 2.08. The number of ether oxygens (including phenoxy) is 1. The Labute approximate surface area is 92.8 Å². The lowest BCUT2D eigenvalue weighted by atomic mass is 10.4. The number of hydrogen-bond donors (Lipinski definition) is 1. The number of esters is 1. The molecule has 0 radical (unpaired) electrons. The van der Waals surface area contributed by atoms with Gasteiger partial charge in [0, 0.05) is 6.20 Å². The van der Waals surface area contributed by atoms with Crippen LogP contribution in [-0.4, -0.2) is 21.5 Å². The zero-order valence-corrected chi connectivity index (χ0v) is 9.18. The molecular formula is C11H13N3O2. The number of carbonyl (C=O) groups excluding carboxylic acids is 1. The van der Waals surface area contributed by atoms with Crippen LogP contribution in [0.2, 0.25) is 0 Å². The van der Waals surface area contributed by atoms with Crippen LogP contribution in [-0.2, 0) is 4.74 Å². The molecule has 2 aromatic rings. The molecule has 0 bridgehead atoms. The van der Waals surface area contributed by atoms with Crippen molar-refractivity contribution in [2.45, 2.75) is 20.0 Å². The van der Waals surface area contributed by atoms with E-state index in [9.17, 15) is 4.79 Å². The van der Waals surface area contributed by atoms with Crippen LogP contribution in [0, 0.1) is 0 Å². The van der Waals surface area contributed by atoms with E-state index in [-0.39, 0.29) is 11.8 Å². The summed E-state index contributed by atoms with van der Waals surface area (Å²) in [6.07, 6.45) is 1.42. The van der Waals surface area contributed by atoms with Crippen LogP contribution in [0.1, 0.15) is 24.3 Å². The van der Waals surface area contributed by atoms with Crippen LogP contribution in [0.3, 0.4) is 0 Å². The number of hydrogen-bond acceptors (Lipinski definition) is 4. The SMILES string of the molecule is CC(C)OC(=O)c1cn2c(N)cccc2n1. The van der Waals surface area contributed by atoms with E-state index in [4.69, 9.17) is 10.5 Å². The number of nitrogens with zero attached hydrogens (tertiary/aromatic N) is 2. The smallest absolute Gasteiger partial charge is 0.358 e. The first-order valence-electron chi connectivity index (χ1n) is 5.02. The molecule has 5 heteroatoms. The molecule has 0 aliphatic heterocycles. The molecular weight excluding hydrogens is 206 g/mol. The summed E-state index contributed by atoms with van der Waals surface area (Å²) in [5, 5.41) is 0. The van der Waals surface area contributed by atoms with Gasteiger partial charge in [-0.15, -0.1) is 0 Å². The normalized spacial score (nSPS) is 10.9. The average molecular weight is 219 g/mol.